The number of nitrogens with zero attached hydrogens (tertiary/aromatic N) is 3. The molecule has 0 aromatic carbocycles. The maximum atomic E-state index is 12.9. The van der Waals surface area contributed by atoms with Crippen molar-refractivity contribution in [3.63, 3.8) is 0 Å². The molecule has 2 aromatic rings. The van der Waals surface area contributed by atoms with Crippen molar-refractivity contribution in [2.24, 2.45) is 5.92 Å². The quantitative estimate of drug-likeness (QED) is 0.340. The van der Waals surface area contributed by atoms with Crippen molar-refractivity contribution in [2.45, 2.75) is 78.6 Å². The number of hydrogen-bond acceptors (Lipinski definition) is 5. The summed E-state index contributed by atoms with van der Waals surface area (Å²) < 4.78 is 14.8. The van der Waals surface area contributed by atoms with Crippen LogP contribution < -0.4 is 5.56 Å². The van der Waals surface area contributed by atoms with Gasteiger partial charge in [0.05, 0.1) is 11.0 Å². The van der Waals surface area contributed by atoms with Crippen LogP contribution in [0.25, 0.3) is 11.0 Å². The molecule has 3 rings (SSSR count). The first-order valence-electron chi connectivity index (χ1n) is 11.8. The SMILES string of the molecule is CC1CCC(c2ccc3c(ccc(=O)n3COCC[Si](C)(C)C)n2)=[N+](C(=O)OC(C)(C)C)C1. The molecule has 7 nitrogen and oxygen atoms in total. The van der Waals surface area contributed by atoms with Crippen LogP contribution in [0.5, 0.6) is 0 Å². The van der Waals surface area contributed by atoms with Gasteiger partial charge in [0.1, 0.15) is 18.0 Å². The Bertz CT molecular complexity index is 1110. The van der Waals surface area contributed by atoms with Crippen molar-refractivity contribution in [1.82, 2.24) is 9.55 Å². The molecular formula is C25H38N3O4Si+. The van der Waals surface area contributed by atoms with Crippen molar-refractivity contribution in [3.8, 4) is 0 Å². The Morgan fingerprint density at radius 2 is 1.94 bits per heavy atom. The average molecular weight is 473 g/mol. The number of pyridine rings is 2. The van der Waals surface area contributed by atoms with Crippen LogP contribution in [0.2, 0.25) is 25.7 Å². The molecule has 0 bridgehead atoms. The lowest BCUT2D eigenvalue weighted by Crippen LogP contribution is -2.39. The van der Waals surface area contributed by atoms with E-state index in [-0.39, 0.29) is 18.4 Å². The molecule has 0 saturated carbocycles. The van der Waals surface area contributed by atoms with Crippen molar-refractivity contribution in [1.29, 1.82) is 0 Å². The van der Waals surface area contributed by atoms with Crippen molar-refractivity contribution in [2.75, 3.05) is 13.2 Å². The van der Waals surface area contributed by atoms with E-state index < -0.39 is 13.7 Å². The zero-order chi connectivity index (χ0) is 24.4. The van der Waals surface area contributed by atoms with E-state index in [1.54, 1.807) is 15.2 Å². The highest BCUT2D eigenvalue weighted by Crippen LogP contribution is 2.21. The number of rotatable bonds is 6. The first kappa shape index (κ1) is 25.3. The van der Waals surface area contributed by atoms with Gasteiger partial charge in [-0.05, 0) is 51.4 Å². The summed E-state index contributed by atoms with van der Waals surface area (Å²) in [6.45, 7) is 16.1. The molecule has 8 heteroatoms. The first-order valence-corrected chi connectivity index (χ1v) is 15.5. The van der Waals surface area contributed by atoms with Crippen LogP contribution in [-0.4, -0.2) is 52.8 Å². The molecule has 1 amide bonds. The fraction of sp³-hybridized carbons (Fsp3) is 0.600. The number of amides is 1. The van der Waals surface area contributed by atoms with Gasteiger partial charge in [0, 0.05) is 33.1 Å². The molecule has 0 saturated heterocycles. The Morgan fingerprint density at radius 1 is 1.21 bits per heavy atom. The lowest BCUT2D eigenvalue weighted by Gasteiger charge is -2.22. The number of carbonyl (C=O) groups excluding carboxylic acids is 1. The van der Waals surface area contributed by atoms with Crippen LogP contribution in [0.3, 0.4) is 0 Å². The smallest absolute Gasteiger partial charge is 0.406 e. The van der Waals surface area contributed by atoms with Crippen molar-refractivity contribution < 1.29 is 18.8 Å². The molecule has 0 fully saturated rings. The second kappa shape index (κ2) is 9.89. The summed E-state index contributed by atoms with van der Waals surface area (Å²) in [4.78, 5) is 30.3. The lowest BCUT2D eigenvalue weighted by molar-refractivity contribution is -0.464. The Balaban J connectivity index is 1.93. The summed E-state index contributed by atoms with van der Waals surface area (Å²) >= 11 is 0. The molecule has 33 heavy (non-hydrogen) atoms. The minimum atomic E-state index is -1.20. The van der Waals surface area contributed by atoms with Crippen LogP contribution in [0, 0.1) is 5.92 Å². The first-order chi connectivity index (χ1) is 15.3. The zero-order valence-corrected chi connectivity index (χ0v) is 22.1. The number of aromatic nitrogens is 2. The van der Waals surface area contributed by atoms with Gasteiger partial charge in [-0.25, -0.2) is 4.98 Å². The van der Waals surface area contributed by atoms with E-state index >= 15 is 0 Å². The lowest BCUT2D eigenvalue weighted by atomic mass is 9.97. The average Bonchev–Trinajstić information content (AvgIpc) is 2.70. The summed E-state index contributed by atoms with van der Waals surface area (Å²) in [5.74, 6) is 0.389. The number of fused-ring (bicyclic) bond motifs is 1. The van der Waals surface area contributed by atoms with E-state index in [0.717, 1.165) is 35.8 Å². The molecule has 1 aliphatic heterocycles. The second-order valence-corrected chi connectivity index (χ2v) is 16.9. The fourth-order valence-electron chi connectivity index (χ4n) is 3.80. The van der Waals surface area contributed by atoms with Gasteiger partial charge in [-0.15, -0.1) is 4.58 Å². The van der Waals surface area contributed by atoms with Gasteiger partial charge in [0.25, 0.3) is 5.56 Å². The molecule has 1 atom stereocenters. The summed E-state index contributed by atoms with van der Waals surface area (Å²) in [5, 5.41) is 0. The van der Waals surface area contributed by atoms with Crippen LogP contribution in [0.4, 0.5) is 4.79 Å². The molecule has 0 aliphatic carbocycles. The molecule has 180 valence electrons. The summed E-state index contributed by atoms with van der Waals surface area (Å²) in [5.41, 5.74) is 2.37. The normalized spacial score (nSPS) is 17.5. The van der Waals surface area contributed by atoms with Gasteiger partial charge in [0.2, 0.25) is 5.71 Å². The predicted octanol–water partition coefficient (Wildman–Crippen LogP) is 4.88. The standard InChI is InChI=1S/C25H38N3O4Si/c1-18-8-11-21(27(16-18)24(30)32-25(2,3)4)19-9-12-22-20(26-19)10-13-23(29)28(22)17-31-14-15-33(5,6)7/h9-10,12-13,18H,8,11,14-17H2,1-7H3/q+1. The Hall–Kier alpha value is -2.32. The van der Waals surface area contributed by atoms with Gasteiger partial charge in [-0.1, -0.05) is 26.6 Å². The van der Waals surface area contributed by atoms with E-state index in [4.69, 9.17) is 14.5 Å². The molecule has 0 N–H and O–H groups in total. The maximum Gasteiger partial charge on any atom is 0.597 e. The van der Waals surface area contributed by atoms with Crippen molar-refractivity contribution >= 4 is 30.9 Å². The topological polar surface area (TPSA) is 73.4 Å². The van der Waals surface area contributed by atoms with Gasteiger partial charge >= 0.3 is 6.09 Å². The van der Waals surface area contributed by atoms with Crippen LogP contribution in [-0.2, 0) is 16.2 Å². The van der Waals surface area contributed by atoms with E-state index in [2.05, 4.69) is 26.6 Å². The molecule has 2 aromatic heterocycles. The Labute approximate surface area is 197 Å². The third-order valence-corrected chi connectivity index (χ3v) is 7.37. The third kappa shape index (κ3) is 6.83. The van der Waals surface area contributed by atoms with Crippen LogP contribution in [0.15, 0.2) is 29.1 Å². The fourth-order valence-corrected chi connectivity index (χ4v) is 4.56. The largest absolute Gasteiger partial charge is 0.597 e. The predicted molar refractivity (Wildman–Crippen MR) is 134 cm³/mol. The Morgan fingerprint density at radius 3 is 2.61 bits per heavy atom. The molecular weight excluding hydrogens is 434 g/mol. The number of hydrogen-bond donors (Lipinski definition) is 0. The summed E-state index contributed by atoms with van der Waals surface area (Å²) in [6, 6.07) is 8.11. The van der Waals surface area contributed by atoms with Gasteiger partial charge in [-0.3, -0.25) is 9.36 Å². The van der Waals surface area contributed by atoms with Gasteiger partial charge in [-0.2, -0.15) is 4.79 Å². The van der Waals surface area contributed by atoms with Crippen molar-refractivity contribution in [3.05, 3.63) is 40.3 Å². The summed E-state index contributed by atoms with van der Waals surface area (Å²) in [6.07, 6.45) is 1.39. The Kier molecular flexibility index (Phi) is 7.58. The second-order valence-electron chi connectivity index (χ2n) is 11.2. The molecule has 1 unspecified atom stereocenters. The zero-order valence-electron chi connectivity index (χ0n) is 21.1. The van der Waals surface area contributed by atoms with E-state index in [1.165, 1.54) is 6.07 Å². The number of carbonyl (C=O) groups is 1. The van der Waals surface area contributed by atoms with Crippen LogP contribution in [0.1, 0.15) is 46.2 Å². The molecule has 0 spiro atoms. The minimum Gasteiger partial charge on any atom is -0.406 e. The maximum absolute atomic E-state index is 12.9. The van der Waals surface area contributed by atoms with E-state index in [0.29, 0.717) is 24.6 Å². The molecule has 3 heterocycles. The van der Waals surface area contributed by atoms with Gasteiger partial charge < -0.3 is 9.47 Å². The van der Waals surface area contributed by atoms with Crippen LogP contribution >= 0.6 is 0 Å². The molecule has 0 radical (unpaired) electrons. The highest BCUT2D eigenvalue weighted by atomic mass is 28.3. The highest BCUT2D eigenvalue weighted by molar-refractivity contribution is 6.76. The van der Waals surface area contributed by atoms with E-state index in [9.17, 15) is 9.59 Å². The monoisotopic (exact) mass is 472 g/mol. The third-order valence-electron chi connectivity index (χ3n) is 5.66. The highest BCUT2D eigenvalue weighted by Gasteiger charge is 2.36. The van der Waals surface area contributed by atoms with Gasteiger partial charge in [0.15, 0.2) is 6.54 Å². The summed E-state index contributed by atoms with van der Waals surface area (Å²) in [7, 11) is -1.20. The number of ether oxygens (including phenoxy) is 2. The minimum absolute atomic E-state index is 0.112. The molecule has 1 aliphatic rings. The van der Waals surface area contributed by atoms with E-state index in [1.807, 2.05) is 32.9 Å².